The lowest BCUT2D eigenvalue weighted by atomic mass is 10.0. The number of aliphatic hydroxyl groups excluding tert-OH is 1. The number of aliphatic hydroxyl groups is 1. The molecule has 0 spiro atoms. The van der Waals surface area contributed by atoms with Crippen molar-refractivity contribution in [2.45, 2.75) is 43.5 Å². The van der Waals surface area contributed by atoms with Crippen LogP contribution in [-0.4, -0.2) is 41.3 Å². The zero-order valence-corrected chi connectivity index (χ0v) is 11.3. The average Bonchev–Trinajstić information content (AvgIpc) is 2.31. The first-order valence-electron chi connectivity index (χ1n) is 6.04. The molecule has 0 saturated carbocycles. The normalized spacial score (nSPS) is 22.9. The number of amides is 2. The summed E-state index contributed by atoms with van der Waals surface area (Å²) in [4.78, 5) is 11.7. The molecule has 3 N–H and O–H groups in total. The maximum atomic E-state index is 11.7. The largest absolute Gasteiger partial charge is 0.395 e. The molecule has 3 atom stereocenters. The molecule has 0 aromatic carbocycles. The van der Waals surface area contributed by atoms with E-state index in [1.54, 1.807) is 11.8 Å². The highest BCUT2D eigenvalue weighted by molar-refractivity contribution is 7.99. The Balaban J connectivity index is 2.32. The Hall–Kier alpha value is -0.680. The lowest BCUT2D eigenvalue weighted by Crippen LogP contribution is -2.48. The third-order valence-corrected chi connectivity index (χ3v) is 4.13. The van der Waals surface area contributed by atoms with Crippen molar-refractivity contribution in [1.82, 2.24) is 10.6 Å². The van der Waals surface area contributed by atoms with Crippen molar-refractivity contribution in [3.8, 4) is 0 Å². The van der Waals surface area contributed by atoms with Crippen molar-refractivity contribution in [1.29, 1.82) is 0 Å². The van der Waals surface area contributed by atoms with E-state index in [9.17, 15) is 4.79 Å². The van der Waals surface area contributed by atoms with Crippen molar-refractivity contribution >= 4 is 17.8 Å². The number of rotatable bonds is 5. The number of allylic oxidation sites excluding steroid dienone is 1. The van der Waals surface area contributed by atoms with Gasteiger partial charge >= 0.3 is 6.03 Å². The first-order valence-corrected chi connectivity index (χ1v) is 7.33. The highest BCUT2D eigenvalue weighted by Crippen LogP contribution is 2.11. The maximum absolute atomic E-state index is 11.7. The van der Waals surface area contributed by atoms with Crippen LogP contribution >= 0.6 is 11.8 Å². The van der Waals surface area contributed by atoms with E-state index < -0.39 is 0 Å². The Kier molecular flexibility index (Phi) is 6.44. The fraction of sp³-hybridized carbons (Fsp3) is 0.750. The highest BCUT2D eigenvalue weighted by atomic mass is 32.2. The molecule has 0 radical (unpaired) electrons. The van der Waals surface area contributed by atoms with Crippen LogP contribution in [0.15, 0.2) is 12.2 Å². The number of carbonyl (C=O) groups excluding carboxylic acids is 1. The summed E-state index contributed by atoms with van der Waals surface area (Å²) in [7, 11) is 0. The molecule has 0 saturated heterocycles. The predicted octanol–water partition coefficient (Wildman–Crippen LogP) is 1.51. The Morgan fingerprint density at radius 2 is 2.41 bits per heavy atom. The van der Waals surface area contributed by atoms with Gasteiger partial charge in [-0.1, -0.05) is 12.2 Å². The van der Waals surface area contributed by atoms with Gasteiger partial charge in [-0.25, -0.2) is 4.79 Å². The highest BCUT2D eigenvalue weighted by Gasteiger charge is 2.18. The molecule has 17 heavy (non-hydrogen) atoms. The van der Waals surface area contributed by atoms with Crippen LogP contribution in [0.1, 0.15) is 26.2 Å². The standard InChI is InChI=1S/C12H22N2O2S/c1-9(11(8-15)17-2)13-12(16)14-10-6-4-3-5-7-10/h4,6,9-11,15H,3,5,7-8H2,1-2H3,(H2,13,14,16). The molecular formula is C12H22N2O2S. The van der Waals surface area contributed by atoms with Crippen molar-refractivity contribution < 1.29 is 9.90 Å². The summed E-state index contributed by atoms with van der Waals surface area (Å²) in [5.41, 5.74) is 0. The zero-order valence-electron chi connectivity index (χ0n) is 10.5. The molecule has 0 aromatic heterocycles. The molecule has 0 fully saturated rings. The molecule has 4 nitrogen and oxygen atoms in total. The van der Waals surface area contributed by atoms with Crippen LogP contribution in [0.4, 0.5) is 4.79 Å². The lowest BCUT2D eigenvalue weighted by molar-refractivity contribution is 0.230. The van der Waals surface area contributed by atoms with Gasteiger partial charge in [0.15, 0.2) is 0 Å². The number of nitrogens with one attached hydrogen (secondary N) is 2. The number of urea groups is 1. The van der Waals surface area contributed by atoms with Gasteiger partial charge in [-0.05, 0) is 32.4 Å². The second-order valence-electron chi connectivity index (χ2n) is 4.33. The first kappa shape index (κ1) is 14.4. The van der Waals surface area contributed by atoms with Crippen LogP contribution in [-0.2, 0) is 0 Å². The lowest BCUT2D eigenvalue weighted by Gasteiger charge is -2.24. The Morgan fingerprint density at radius 3 is 2.94 bits per heavy atom. The van der Waals surface area contributed by atoms with Gasteiger partial charge in [-0.2, -0.15) is 11.8 Å². The second-order valence-corrected chi connectivity index (χ2v) is 5.41. The van der Waals surface area contributed by atoms with Crippen LogP contribution < -0.4 is 10.6 Å². The van der Waals surface area contributed by atoms with Crippen LogP contribution in [0.3, 0.4) is 0 Å². The summed E-state index contributed by atoms with van der Waals surface area (Å²) in [6.07, 6.45) is 9.32. The van der Waals surface area contributed by atoms with E-state index in [1.807, 2.05) is 19.3 Å². The van der Waals surface area contributed by atoms with E-state index >= 15 is 0 Å². The Bertz CT molecular complexity index is 267. The smallest absolute Gasteiger partial charge is 0.315 e. The minimum Gasteiger partial charge on any atom is -0.395 e. The van der Waals surface area contributed by atoms with Crippen LogP contribution in [0.2, 0.25) is 0 Å². The van der Waals surface area contributed by atoms with E-state index in [4.69, 9.17) is 5.11 Å². The molecule has 2 amide bonds. The van der Waals surface area contributed by atoms with Crippen LogP contribution in [0.5, 0.6) is 0 Å². The van der Waals surface area contributed by atoms with E-state index in [0.29, 0.717) is 0 Å². The van der Waals surface area contributed by atoms with E-state index in [2.05, 4.69) is 16.7 Å². The maximum Gasteiger partial charge on any atom is 0.315 e. The number of hydrogen-bond acceptors (Lipinski definition) is 3. The predicted molar refractivity (Wildman–Crippen MR) is 72.3 cm³/mol. The van der Waals surface area contributed by atoms with Crippen LogP contribution in [0.25, 0.3) is 0 Å². The molecular weight excluding hydrogens is 236 g/mol. The topological polar surface area (TPSA) is 61.4 Å². The molecule has 0 heterocycles. The monoisotopic (exact) mass is 258 g/mol. The van der Waals surface area contributed by atoms with Crippen molar-refractivity contribution in [2.75, 3.05) is 12.9 Å². The minimum atomic E-state index is -0.151. The summed E-state index contributed by atoms with van der Waals surface area (Å²) in [6, 6.07) is -0.0399. The van der Waals surface area contributed by atoms with Gasteiger partial charge in [0.05, 0.1) is 6.61 Å². The van der Waals surface area contributed by atoms with Gasteiger partial charge in [0.25, 0.3) is 0 Å². The summed E-state index contributed by atoms with van der Waals surface area (Å²) in [6.45, 7) is 1.99. The SMILES string of the molecule is CSC(CO)C(C)NC(=O)NC1C=CCCC1. The molecule has 98 valence electrons. The van der Waals surface area contributed by atoms with E-state index in [0.717, 1.165) is 19.3 Å². The third kappa shape index (κ3) is 5.00. The summed E-state index contributed by atoms with van der Waals surface area (Å²) >= 11 is 1.56. The van der Waals surface area contributed by atoms with Crippen molar-refractivity contribution in [3.05, 3.63) is 12.2 Å². The fourth-order valence-corrected chi connectivity index (χ4v) is 2.50. The average molecular weight is 258 g/mol. The molecule has 0 aliphatic heterocycles. The van der Waals surface area contributed by atoms with Gasteiger partial charge < -0.3 is 15.7 Å². The summed E-state index contributed by atoms with van der Waals surface area (Å²) < 4.78 is 0. The van der Waals surface area contributed by atoms with Gasteiger partial charge in [0, 0.05) is 17.3 Å². The Morgan fingerprint density at radius 1 is 1.65 bits per heavy atom. The molecule has 1 rings (SSSR count). The molecule has 1 aliphatic rings. The summed E-state index contributed by atoms with van der Waals surface area (Å²) in [5, 5.41) is 15.0. The zero-order chi connectivity index (χ0) is 12.7. The van der Waals surface area contributed by atoms with Gasteiger partial charge in [-0.15, -0.1) is 0 Å². The van der Waals surface area contributed by atoms with Gasteiger partial charge in [0.1, 0.15) is 0 Å². The van der Waals surface area contributed by atoms with Crippen molar-refractivity contribution in [3.63, 3.8) is 0 Å². The molecule has 0 bridgehead atoms. The van der Waals surface area contributed by atoms with Gasteiger partial charge in [0.2, 0.25) is 0 Å². The van der Waals surface area contributed by atoms with Crippen molar-refractivity contribution in [2.24, 2.45) is 0 Å². The van der Waals surface area contributed by atoms with E-state index in [1.165, 1.54) is 0 Å². The third-order valence-electron chi connectivity index (χ3n) is 2.97. The molecule has 0 aromatic rings. The number of hydrogen-bond donors (Lipinski definition) is 3. The molecule has 5 heteroatoms. The first-order chi connectivity index (χ1) is 8.17. The summed E-state index contributed by atoms with van der Waals surface area (Å²) in [5.74, 6) is 0. The van der Waals surface area contributed by atoms with E-state index in [-0.39, 0.29) is 30.0 Å². The quantitative estimate of drug-likeness (QED) is 0.655. The number of carbonyl (C=O) groups is 1. The molecule has 3 unspecified atom stereocenters. The second kappa shape index (κ2) is 7.61. The minimum absolute atomic E-state index is 0.0393. The molecule has 1 aliphatic carbocycles. The van der Waals surface area contributed by atoms with Crippen LogP contribution in [0, 0.1) is 0 Å². The fourth-order valence-electron chi connectivity index (χ4n) is 1.88. The number of thioether (sulfide) groups is 1. The van der Waals surface area contributed by atoms with Gasteiger partial charge in [-0.3, -0.25) is 0 Å². The Labute approximate surface area is 107 Å².